The van der Waals surface area contributed by atoms with Gasteiger partial charge in [0, 0.05) is 6.20 Å². The van der Waals surface area contributed by atoms with Gasteiger partial charge in [-0.25, -0.2) is 0 Å². The van der Waals surface area contributed by atoms with Gasteiger partial charge in [-0.05, 0) is 37.3 Å². The van der Waals surface area contributed by atoms with E-state index in [0.717, 1.165) is 11.6 Å². The summed E-state index contributed by atoms with van der Waals surface area (Å²) in [6, 6.07) is 2.10. The van der Waals surface area contributed by atoms with Crippen molar-refractivity contribution in [2.75, 3.05) is 0 Å². The predicted octanol–water partition coefficient (Wildman–Crippen LogP) is 2.05. The van der Waals surface area contributed by atoms with Crippen LogP contribution in [0.25, 0.3) is 0 Å². The smallest absolute Gasteiger partial charge is 0.0634 e. The molecule has 1 heterocycles. The Hall–Kier alpha value is -0.920. The third-order valence-electron chi connectivity index (χ3n) is 2.49. The van der Waals surface area contributed by atoms with Gasteiger partial charge in [-0.15, -0.1) is 0 Å². The number of hydrogen-bond donors (Lipinski definition) is 0. The van der Waals surface area contributed by atoms with Crippen molar-refractivity contribution in [3.05, 3.63) is 23.5 Å². The van der Waals surface area contributed by atoms with Gasteiger partial charge < -0.3 is 0 Å². The van der Waals surface area contributed by atoms with Gasteiger partial charge in [-0.2, -0.15) is 10.2 Å². The van der Waals surface area contributed by atoms with E-state index in [1.807, 2.05) is 6.92 Å². The van der Waals surface area contributed by atoms with E-state index < -0.39 is 0 Å². The summed E-state index contributed by atoms with van der Waals surface area (Å²) in [5.41, 5.74) is 2.52. The number of nitrogens with zero attached hydrogens (tertiary/aromatic N) is 2. The molecule has 2 nitrogen and oxygen atoms in total. The molecule has 1 fully saturated rings. The van der Waals surface area contributed by atoms with Gasteiger partial charge in [0.15, 0.2) is 0 Å². The first-order valence-electron chi connectivity index (χ1n) is 4.16. The minimum absolute atomic E-state index is 0.783. The molecule has 0 radical (unpaired) electrons. The molecule has 2 heteroatoms. The van der Waals surface area contributed by atoms with Gasteiger partial charge in [0.05, 0.1) is 5.69 Å². The molecule has 0 unspecified atom stereocenters. The first-order valence-corrected chi connectivity index (χ1v) is 4.16. The highest BCUT2D eigenvalue weighted by Gasteiger charge is 2.21. The average molecular weight is 148 g/mol. The first-order chi connectivity index (χ1) is 5.38. The lowest BCUT2D eigenvalue weighted by Gasteiger charge is -2.26. The minimum atomic E-state index is 0.783. The van der Waals surface area contributed by atoms with Crippen molar-refractivity contribution < 1.29 is 0 Å². The second kappa shape index (κ2) is 2.61. The number of aryl methyl sites for hydroxylation is 1. The minimum Gasteiger partial charge on any atom is -0.159 e. The molecule has 1 aromatic rings. The Morgan fingerprint density at radius 2 is 2.27 bits per heavy atom. The molecule has 0 atom stereocenters. The van der Waals surface area contributed by atoms with Crippen LogP contribution >= 0.6 is 0 Å². The summed E-state index contributed by atoms with van der Waals surface area (Å²) in [4.78, 5) is 0. The lowest BCUT2D eigenvalue weighted by atomic mass is 9.80. The molecule has 58 valence electrons. The molecule has 1 aromatic heterocycles. The zero-order valence-electron chi connectivity index (χ0n) is 6.75. The van der Waals surface area contributed by atoms with Gasteiger partial charge in [-0.1, -0.05) is 6.42 Å². The molecule has 1 aliphatic carbocycles. The van der Waals surface area contributed by atoms with Crippen LogP contribution in [0.5, 0.6) is 0 Å². The second-order valence-corrected chi connectivity index (χ2v) is 3.20. The summed E-state index contributed by atoms with van der Waals surface area (Å²) in [7, 11) is 0. The highest BCUT2D eigenvalue weighted by molar-refractivity contribution is 5.22. The maximum absolute atomic E-state index is 4.03. The van der Waals surface area contributed by atoms with Crippen LogP contribution in [0.4, 0.5) is 0 Å². The van der Waals surface area contributed by atoms with Crippen LogP contribution in [0.3, 0.4) is 0 Å². The first kappa shape index (κ1) is 6.77. The molecule has 0 N–H and O–H groups in total. The molecule has 0 saturated heterocycles. The van der Waals surface area contributed by atoms with Gasteiger partial charge in [0.25, 0.3) is 0 Å². The Balaban J connectivity index is 2.28. The van der Waals surface area contributed by atoms with E-state index >= 15 is 0 Å². The molecule has 0 aromatic carbocycles. The fourth-order valence-corrected chi connectivity index (χ4v) is 1.56. The topological polar surface area (TPSA) is 25.8 Å². The summed E-state index contributed by atoms with van der Waals surface area (Å²) in [6.07, 6.45) is 5.85. The lowest BCUT2D eigenvalue weighted by molar-refractivity contribution is 0.416. The zero-order valence-corrected chi connectivity index (χ0v) is 6.75. The van der Waals surface area contributed by atoms with E-state index in [4.69, 9.17) is 0 Å². The van der Waals surface area contributed by atoms with E-state index in [2.05, 4.69) is 16.3 Å². The lowest BCUT2D eigenvalue weighted by Crippen LogP contribution is -2.11. The molecule has 0 spiro atoms. The third kappa shape index (κ3) is 1.13. The van der Waals surface area contributed by atoms with Crippen molar-refractivity contribution in [2.45, 2.75) is 32.1 Å². The molecule has 0 bridgehead atoms. The van der Waals surface area contributed by atoms with Crippen LogP contribution < -0.4 is 0 Å². The van der Waals surface area contributed by atoms with E-state index in [9.17, 15) is 0 Å². The fraction of sp³-hybridized carbons (Fsp3) is 0.556. The summed E-state index contributed by atoms with van der Waals surface area (Å²) >= 11 is 0. The number of hydrogen-bond acceptors (Lipinski definition) is 2. The van der Waals surface area contributed by atoms with Crippen LogP contribution in [0.1, 0.15) is 36.4 Å². The highest BCUT2D eigenvalue weighted by Crippen LogP contribution is 2.36. The standard InChI is InChI=1S/C9H12N2/c1-7-9(5-6-10-11-7)8-3-2-4-8/h5-6,8H,2-4H2,1H3. The largest absolute Gasteiger partial charge is 0.159 e. The molecular weight excluding hydrogens is 136 g/mol. The molecule has 2 rings (SSSR count). The van der Waals surface area contributed by atoms with E-state index in [1.54, 1.807) is 6.20 Å². The normalized spacial score (nSPS) is 17.9. The molecule has 0 amide bonds. The Morgan fingerprint density at radius 3 is 2.82 bits per heavy atom. The predicted molar refractivity (Wildman–Crippen MR) is 43.4 cm³/mol. The van der Waals surface area contributed by atoms with Crippen molar-refractivity contribution in [2.24, 2.45) is 0 Å². The third-order valence-corrected chi connectivity index (χ3v) is 2.49. The number of rotatable bonds is 1. The molecule has 11 heavy (non-hydrogen) atoms. The Labute approximate surface area is 66.7 Å². The zero-order chi connectivity index (χ0) is 7.68. The summed E-state index contributed by atoms with van der Waals surface area (Å²) in [5.74, 6) is 0.783. The maximum atomic E-state index is 4.03. The van der Waals surface area contributed by atoms with Crippen LogP contribution in [0.15, 0.2) is 12.3 Å². The average Bonchev–Trinajstić information content (AvgIpc) is 1.90. The monoisotopic (exact) mass is 148 g/mol. The quantitative estimate of drug-likeness (QED) is 0.609. The van der Waals surface area contributed by atoms with Gasteiger partial charge in [0.2, 0.25) is 0 Å². The van der Waals surface area contributed by atoms with Gasteiger partial charge >= 0.3 is 0 Å². The second-order valence-electron chi connectivity index (χ2n) is 3.20. The van der Waals surface area contributed by atoms with Crippen molar-refractivity contribution in [3.8, 4) is 0 Å². The van der Waals surface area contributed by atoms with E-state index in [1.165, 1.54) is 24.8 Å². The number of aromatic nitrogens is 2. The van der Waals surface area contributed by atoms with Crippen molar-refractivity contribution in [1.29, 1.82) is 0 Å². The highest BCUT2D eigenvalue weighted by atomic mass is 15.1. The molecule has 0 aliphatic heterocycles. The Morgan fingerprint density at radius 1 is 1.45 bits per heavy atom. The Bertz CT molecular complexity index is 253. The van der Waals surface area contributed by atoms with Crippen LogP contribution in [0, 0.1) is 6.92 Å². The maximum Gasteiger partial charge on any atom is 0.0634 e. The molecular formula is C9H12N2. The fourth-order valence-electron chi connectivity index (χ4n) is 1.56. The SMILES string of the molecule is Cc1nnccc1C1CCC1. The summed E-state index contributed by atoms with van der Waals surface area (Å²) in [6.45, 7) is 2.04. The van der Waals surface area contributed by atoms with Crippen LogP contribution in [-0.2, 0) is 0 Å². The van der Waals surface area contributed by atoms with Gasteiger partial charge in [0.1, 0.15) is 0 Å². The molecule has 1 saturated carbocycles. The van der Waals surface area contributed by atoms with E-state index in [0.29, 0.717) is 0 Å². The van der Waals surface area contributed by atoms with Crippen molar-refractivity contribution in [1.82, 2.24) is 10.2 Å². The van der Waals surface area contributed by atoms with Crippen LogP contribution in [-0.4, -0.2) is 10.2 Å². The van der Waals surface area contributed by atoms with Crippen molar-refractivity contribution in [3.63, 3.8) is 0 Å². The Kier molecular flexibility index (Phi) is 1.60. The summed E-state index contributed by atoms with van der Waals surface area (Å²) < 4.78 is 0. The van der Waals surface area contributed by atoms with Crippen molar-refractivity contribution >= 4 is 0 Å². The van der Waals surface area contributed by atoms with Crippen LogP contribution in [0.2, 0.25) is 0 Å². The van der Waals surface area contributed by atoms with Gasteiger partial charge in [-0.3, -0.25) is 0 Å². The van der Waals surface area contributed by atoms with E-state index in [-0.39, 0.29) is 0 Å². The molecule has 1 aliphatic rings. The summed E-state index contributed by atoms with van der Waals surface area (Å²) in [5, 5.41) is 7.87.